The standard InChI is InChI=1S/C18H14ClN5O2/c19-13-6-4-12(5-7-13)16-9-17(26-23-16)18(25)22-14-2-1-3-15(8-14)24-10-20-21-11-24/h1-8,10-11,17H,9H2,(H,22,25). The first-order valence-corrected chi connectivity index (χ1v) is 8.31. The van der Waals surface area contributed by atoms with Gasteiger partial charge in [-0.1, -0.05) is 35.0 Å². The highest BCUT2D eigenvalue weighted by Crippen LogP contribution is 2.21. The van der Waals surface area contributed by atoms with Crippen LogP contribution in [0.3, 0.4) is 0 Å². The Morgan fingerprint density at radius 1 is 1.15 bits per heavy atom. The van der Waals surface area contributed by atoms with Crippen molar-refractivity contribution in [3.63, 3.8) is 0 Å². The van der Waals surface area contributed by atoms with Gasteiger partial charge in [-0.2, -0.15) is 0 Å². The summed E-state index contributed by atoms with van der Waals surface area (Å²) in [6.07, 6.45) is 2.92. The Kier molecular flexibility index (Phi) is 4.37. The van der Waals surface area contributed by atoms with Crippen LogP contribution in [-0.4, -0.2) is 32.5 Å². The molecule has 130 valence electrons. The van der Waals surface area contributed by atoms with Gasteiger partial charge in [0, 0.05) is 17.1 Å². The van der Waals surface area contributed by atoms with Crippen molar-refractivity contribution in [2.45, 2.75) is 12.5 Å². The van der Waals surface area contributed by atoms with Crippen molar-refractivity contribution in [2.75, 3.05) is 5.32 Å². The minimum absolute atomic E-state index is 0.251. The number of hydrogen-bond acceptors (Lipinski definition) is 5. The molecule has 8 heteroatoms. The van der Waals surface area contributed by atoms with Crippen LogP contribution in [0.2, 0.25) is 5.02 Å². The number of hydrogen-bond donors (Lipinski definition) is 1. The number of oxime groups is 1. The van der Waals surface area contributed by atoms with E-state index in [1.165, 1.54) is 0 Å². The Morgan fingerprint density at radius 2 is 1.92 bits per heavy atom. The molecule has 3 aromatic rings. The van der Waals surface area contributed by atoms with Gasteiger partial charge in [0.1, 0.15) is 12.7 Å². The molecule has 1 N–H and O–H groups in total. The molecule has 1 aliphatic heterocycles. The average Bonchev–Trinajstić information content (AvgIpc) is 3.35. The Morgan fingerprint density at radius 3 is 2.69 bits per heavy atom. The lowest BCUT2D eigenvalue weighted by Gasteiger charge is -2.10. The third-order valence-corrected chi connectivity index (χ3v) is 4.22. The lowest BCUT2D eigenvalue weighted by atomic mass is 10.0. The van der Waals surface area contributed by atoms with Gasteiger partial charge < -0.3 is 10.2 Å². The summed E-state index contributed by atoms with van der Waals surface area (Å²) in [6.45, 7) is 0. The quantitative estimate of drug-likeness (QED) is 0.768. The van der Waals surface area contributed by atoms with Crippen LogP contribution in [0.5, 0.6) is 0 Å². The number of carbonyl (C=O) groups is 1. The van der Waals surface area contributed by atoms with Crippen molar-refractivity contribution in [2.24, 2.45) is 5.16 Å². The number of halogens is 1. The molecule has 0 spiro atoms. The van der Waals surface area contributed by atoms with Crippen LogP contribution in [0, 0.1) is 0 Å². The second-order valence-electron chi connectivity index (χ2n) is 5.75. The molecule has 0 saturated heterocycles. The molecule has 7 nitrogen and oxygen atoms in total. The molecule has 0 bridgehead atoms. The second kappa shape index (κ2) is 6.97. The first-order valence-electron chi connectivity index (χ1n) is 7.93. The van der Waals surface area contributed by atoms with E-state index in [4.69, 9.17) is 16.4 Å². The van der Waals surface area contributed by atoms with Crippen molar-refractivity contribution >= 4 is 28.9 Å². The Balaban J connectivity index is 1.42. The highest BCUT2D eigenvalue weighted by molar-refractivity contribution is 6.30. The summed E-state index contributed by atoms with van der Waals surface area (Å²) < 4.78 is 1.75. The van der Waals surface area contributed by atoms with Gasteiger partial charge >= 0.3 is 0 Å². The van der Waals surface area contributed by atoms with Crippen LogP contribution >= 0.6 is 11.6 Å². The van der Waals surface area contributed by atoms with Gasteiger partial charge in [-0.05, 0) is 35.9 Å². The number of rotatable bonds is 4. The van der Waals surface area contributed by atoms with Crippen molar-refractivity contribution < 1.29 is 9.63 Å². The Labute approximate surface area is 154 Å². The third kappa shape index (κ3) is 3.43. The SMILES string of the molecule is O=C(Nc1cccc(-n2cnnc2)c1)C1CC(c2ccc(Cl)cc2)=NO1. The molecule has 1 atom stereocenters. The van der Waals surface area contributed by atoms with Gasteiger partial charge in [-0.3, -0.25) is 9.36 Å². The fourth-order valence-corrected chi connectivity index (χ4v) is 2.76. The van der Waals surface area contributed by atoms with Crippen molar-refractivity contribution in [1.29, 1.82) is 0 Å². The molecule has 1 aromatic heterocycles. The molecule has 2 aromatic carbocycles. The number of nitrogens with zero attached hydrogens (tertiary/aromatic N) is 4. The smallest absolute Gasteiger partial charge is 0.268 e. The molecular weight excluding hydrogens is 354 g/mol. The van der Waals surface area contributed by atoms with E-state index in [0.29, 0.717) is 17.1 Å². The first kappa shape index (κ1) is 16.3. The highest BCUT2D eigenvalue weighted by atomic mass is 35.5. The topological polar surface area (TPSA) is 81.4 Å². The van der Waals surface area contributed by atoms with Gasteiger partial charge in [0.15, 0.2) is 0 Å². The van der Waals surface area contributed by atoms with Crippen LogP contribution in [0.1, 0.15) is 12.0 Å². The molecule has 0 aliphatic carbocycles. The summed E-state index contributed by atoms with van der Waals surface area (Å²) >= 11 is 5.89. The van der Waals surface area contributed by atoms with Gasteiger partial charge in [0.2, 0.25) is 6.10 Å². The maximum Gasteiger partial charge on any atom is 0.268 e. The fourth-order valence-electron chi connectivity index (χ4n) is 2.63. The van der Waals surface area contributed by atoms with Crippen LogP contribution < -0.4 is 5.32 Å². The molecular formula is C18H14ClN5O2. The molecule has 1 amide bonds. The maximum absolute atomic E-state index is 12.5. The summed E-state index contributed by atoms with van der Waals surface area (Å²) in [5, 5.41) is 15.1. The Hall–Kier alpha value is -3.19. The van der Waals surface area contributed by atoms with Crippen LogP contribution in [-0.2, 0) is 9.63 Å². The average molecular weight is 368 g/mol. The summed E-state index contributed by atoms with van der Waals surface area (Å²) in [5.41, 5.74) is 3.11. The zero-order chi connectivity index (χ0) is 17.9. The van der Waals surface area contributed by atoms with E-state index in [2.05, 4.69) is 20.7 Å². The summed E-state index contributed by atoms with van der Waals surface area (Å²) in [7, 11) is 0. The van der Waals surface area contributed by atoms with Gasteiger partial charge in [-0.15, -0.1) is 10.2 Å². The monoisotopic (exact) mass is 367 g/mol. The highest BCUT2D eigenvalue weighted by Gasteiger charge is 2.29. The van der Waals surface area contributed by atoms with Crippen molar-refractivity contribution in [3.8, 4) is 5.69 Å². The van der Waals surface area contributed by atoms with Gasteiger partial charge in [0.25, 0.3) is 5.91 Å². The van der Waals surface area contributed by atoms with Gasteiger partial charge in [0.05, 0.1) is 11.4 Å². The van der Waals surface area contributed by atoms with Crippen molar-refractivity contribution in [1.82, 2.24) is 14.8 Å². The first-order chi connectivity index (χ1) is 12.7. The predicted octanol–water partition coefficient (Wildman–Crippen LogP) is 3.05. The number of carbonyl (C=O) groups excluding carboxylic acids is 1. The van der Waals surface area contributed by atoms with Crippen LogP contribution in [0.4, 0.5) is 5.69 Å². The minimum Gasteiger partial charge on any atom is -0.382 e. The zero-order valence-electron chi connectivity index (χ0n) is 13.5. The van der Waals surface area contributed by atoms with E-state index in [1.54, 1.807) is 29.4 Å². The van der Waals surface area contributed by atoms with E-state index in [9.17, 15) is 4.79 Å². The number of aromatic nitrogens is 3. The largest absolute Gasteiger partial charge is 0.382 e. The molecule has 1 aliphatic rings. The predicted molar refractivity (Wildman–Crippen MR) is 97.5 cm³/mol. The maximum atomic E-state index is 12.5. The molecule has 0 radical (unpaired) electrons. The number of benzene rings is 2. The van der Waals surface area contributed by atoms with Crippen molar-refractivity contribution in [3.05, 3.63) is 71.8 Å². The van der Waals surface area contributed by atoms with Crippen LogP contribution in [0.15, 0.2) is 66.3 Å². The second-order valence-corrected chi connectivity index (χ2v) is 6.19. The van der Waals surface area contributed by atoms with Crippen LogP contribution in [0.25, 0.3) is 5.69 Å². The lowest BCUT2D eigenvalue weighted by Crippen LogP contribution is -2.28. The summed E-state index contributed by atoms with van der Waals surface area (Å²) in [5.74, 6) is -0.251. The number of anilines is 1. The molecule has 4 rings (SSSR count). The van der Waals surface area contributed by atoms with E-state index in [0.717, 1.165) is 17.0 Å². The zero-order valence-corrected chi connectivity index (χ0v) is 14.3. The van der Waals surface area contributed by atoms with E-state index >= 15 is 0 Å². The summed E-state index contributed by atoms with van der Waals surface area (Å²) in [4.78, 5) is 17.8. The molecule has 26 heavy (non-hydrogen) atoms. The van der Waals surface area contributed by atoms with E-state index in [1.807, 2.05) is 36.4 Å². The summed E-state index contributed by atoms with van der Waals surface area (Å²) in [6, 6.07) is 14.6. The molecule has 0 fully saturated rings. The minimum atomic E-state index is -0.667. The number of nitrogens with one attached hydrogen (secondary N) is 1. The van der Waals surface area contributed by atoms with Gasteiger partial charge in [-0.25, -0.2) is 0 Å². The number of amides is 1. The Bertz CT molecular complexity index is 954. The molecule has 1 unspecified atom stereocenters. The molecule has 2 heterocycles. The van der Waals surface area contributed by atoms with E-state index in [-0.39, 0.29) is 5.91 Å². The lowest BCUT2D eigenvalue weighted by molar-refractivity contribution is -0.125. The fraction of sp³-hybridized carbons (Fsp3) is 0.111. The third-order valence-electron chi connectivity index (χ3n) is 3.97. The normalized spacial score (nSPS) is 16.0. The molecule has 0 saturated carbocycles. The van der Waals surface area contributed by atoms with E-state index < -0.39 is 6.10 Å².